The number of carbonyl (C=O) groups is 1. The second-order valence-electron chi connectivity index (χ2n) is 8.02. The molecule has 32 heavy (non-hydrogen) atoms. The highest BCUT2D eigenvalue weighted by atomic mass is 16.5. The Morgan fingerprint density at radius 2 is 1.78 bits per heavy atom. The molecule has 8 nitrogen and oxygen atoms in total. The van der Waals surface area contributed by atoms with Crippen molar-refractivity contribution in [2.45, 2.75) is 19.4 Å². The van der Waals surface area contributed by atoms with Crippen LogP contribution in [0.25, 0.3) is 22.5 Å². The molecule has 0 spiro atoms. The van der Waals surface area contributed by atoms with Gasteiger partial charge in [-0.1, -0.05) is 0 Å². The van der Waals surface area contributed by atoms with Gasteiger partial charge in [0.25, 0.3) is 5.91 Å². The van der Waals surface area contributed by atoms with Crippen LogP contribution in [-0.2, 0) is 16.0 Å². The number of amides is 1. The summed E-state index contributed by atoms with van der Waals surface area (Å²) in [5.74, 6) is 1.25. The number of hydrogen-bond donors (Lipinski definition) is 0. The number of nitrogens with zero attached hydrogens (tertiary/aromatic N) is 5. The van der Waals surface area contributed by atoms with E-state index in [4.69, 9.17) is 9.47 Å². The van der Waals surface area contributed by atoms with E-state index >= 15 is 0 Å². The fraction of sp³-hybridized carbons (Fsp3) is 0.417. The van der Waals surface area contributed by atoms with Gasteiger partial charge in [-0.25, -0.2) is 9.97 Å². The van der Waals surface area contributed by atoms with E-state index in [1.807, 2.05) is 24.4 Å². The van der Waals surface area contributed by atoms with Gasteiger partial charge in [0.1, 0.15) is 5.69 Å². The Kier molecular flexibility index (Phi) is 7.24. The minimum absolute atomic E-state index is 0.0149. The second kappa shape index (κ2) is 10.5. The lowest BCUT2D eigenvalue weighted by molar-refractivity contribution is 0.0617. The van der Waals surface area contributed by atoms with E-state index in [0.29, 0.717) is 43.7 Å². The number of methoxy groups -OCH3 is 2. The number of aromatic nitrogens is 4. The second-order valence-corrected chi connectivity index (χ2v) is 8.02. The summed E-state index contributed by atoms with van der Waals surface area (Å²) in [7, 11) is 3.28. The summed E-state index contributed by atoms with van der Waals surface area (Å²) in [6.07, 6.45) is 11.5. The number of carbonyl (C=O) groups excluding carboxylic acids is 1. The normalized spacial score (nSPS) is 13.3. The molecule has 0 aliphatic heterocycles. The lowest BCUT2D eigenvalue weighted by Gasteiger charge is -2.22. The minimum atomic E-state index is -0.0149. The maximum atomic E-state index is 13.4. The van der Waals surface area contributed by atoms with Gasteiger partial charge in [-0.2, -0.15) is 0 Å². The van der Waals surface area contributed by atoms with E-state index in [2.05, 4.69) is 19.5 Å². The van der Waals surface area contributed by atoms with Crippen molar-refractivity contribution in [2.24, 2.45) is 5.92 Å². The smallest absolute Gasteiger partial charge is 0.270 e. The molecule has 1 saturated carbocycles. The van der Waals surface area contributed by atoms with Gasteiger partial charge in [0.2, 0.25) is 0 Å². The van der Waals surface area contributed by atoms with Gasteiger partial charge in [0.05, 0.1) is 13.2 Å². The van der Waals surface area contributed by atoms with Gasteiger partial charge in [0.15, 0.2) is 5.82 Å². The quantitative estimate of drug-likeness (QED) is 0.460. The molecule has 1 aliphatic carbocycles. The lowest BCUT2D eigenvalue weighted by atomic mass is 10.1. The fourth-order valence-electron chi connectivity index (χ4n) is 3.58. The van der Waals surface area contributed by atoms with E-state index in [1.54, 1.807) is 43.9 Å². The first-order valence-corrected chi connectivity index (χ1v) is 10.9. The summed E-state index contributed by atoms with van der Waals surface area (Å²) in [6.45, 7) is 2.85. The zero-order valence-corrected chi connectivity index (χ0v) is 18.6. The van der Waals surface area contributed by atoms with Gasteiger partial charge in [-0.3, -0.25) is 9.78 Å². The van der Waals surface area contributed by atoms with Gasteiger partial charge in [-0.05, 0) is 37.0 Å². The molecule has 8 heteroatoms. The third kappa shape index (κ3) is 5.38. The molecule has 0 radical (unpaired) electrons. The molecule has 1 aliphatic rings. The van der Waals surface area contributed by atoms with Crippen molar-refractivity contribution in [2.75, 3.05) is 40.5 Å². The minimum Gasteiger partial charge on any atom is -0.383 e. The van der Waals surface area contributed by atoms with Crippen molar-refractivity contribution in [3.8, 4) is 22.5 Å². The summed E-state index contributed by atoms with van der Waals surface area (Å²) in [6, 6.07) is 5.74. The standard InChI is InChI=1S/C24H29N5O3/c1-31-10-8-28(9-11-32-2)24(30)22-12-20(17-29(22)16-18-5-6-18)21-14-26-23(27-15-21)19-4-3-7-25-13-19/h3-4,7,12-15,17-18H,5-6,8-11,16H2,1-2H3. The number of rotatable bonds is 11. The molecule has 0 unspecified atom stereocenters. The molecular weight excluding hydrogens is 406 g/mol. The van der Waals surface area contributed by atoms with E-state index in [0.717, 1.165) is 23.2 Å². The topological polar surface area (TPSA) is 82.4 Å². The van der Waals surface area contributed by atoms with Gasteiger partial charge in [0, 0.05) is 81.5 Å². The van der Waals surface area contributed by atoms with Crippen molar-refractivity contribution < 1.29 is 14.3 Å². The molecule has 3 aromatic heterocycles. The van der Waals surface area contributed by atoms with Crippen LogP contribution in [0.1, 0.15) is 23.3 Å². The summed E-state index contributed by atoms with van der Waals surface area (Å²) in [4.78, 5) is 28.4. The first kappa shape index (κ1) is 22.1. The third-order valence-electron chi connectivity index (χ3n) is 5.59. The van der Waals surface area contributed by atoms with Crippen LogP contribution in [0.3, 0.4) is 0 Å². The molecule has 3 heterocycles. The summed E-state index contributed by atoms with van der Waals surface area (Å²) < 4.78 is 12.5. The Balaban J connectivity index is 1.60. The largest absolute Gasteiger partial charge is 0.383 e. The summed E-state index contributed by atoms with van der Waals surface area (Å²) >= 11 is 0. The van der Waals surface area contributed by atoms with E-state index in [1.165, 1.54) is 12.8 Å². The van der Waals surface area contributed by atoms with E-state index < -0.39 is 0 Å². The highest BCUT2D eigenvalue weighted by Crippen LogP contribution is 2.33. The number of hydrogen-bond acceptors (Lipinski definition) is 6. The third-order valence-corrected chi connectivity index (χ3v) is 5.59. The average molecular weight is 436 g/mol. The summed E-state index contributed by atoms with van der Waals surface area (Å²) in [5.41, 5.74) is 3.36. The molecule has 0 atom stereocenters. The predicted molar refractivity (Wildman–Crippen MR) is 121 cm³/mol. The van der Waals surface area contributed by atoms with Gasteiger partial charge < -0.3 is 18.9 Å². The molecule has 1 amide bonds. The Bertz CT molecular complexity index is 1010. The molecular formula is C24H29N5O3. The number of pyridine rings is 1. The van der Waals surface area contributed by atoms with Crippen LogP contribution >= 0.6 is 0 Å². The Morgan fingerprint density at radius 3 is 2.38 bits per heavy atom. The predicted octanol–water partition coefficient (Wildman–Crippen LogP) is 3.15. The molecule has 0 N–H and O–H groups in total. The van der Waals surface area contributed by atoms with E-state index in [-0.39, 0.29) is 5.91 Å². The first-order valence-electron chi connectivity index (χ1n) is 10.9. The Hall–Kier alpha value is -3.10. The highest BCUT2D eigenvalue weighted by molar-refractivity contribution is 5.94. The first-order chi connectivity index (χ1) is 15.7. The van der Waals surface area contributed by atoms with Crippen LogP contribution in [0.4, 0.5) is 0 Å². The summed E-state index contributed by atoms with van der Waals surface area (Å²) in [5, 5.41) is 0. The number of ether oxygens (including phenoxy) is 2. The van der Waals surface area contributed by atoms with Crippen LogP contribution in [0.15, 0.2) is 49.2 Å². The Morgan fingerprint density at radius 1 is 1.06 bits per heavy atom. The maximum absolute atomic E-state index is 13.4. The van der Waals surface area contributed by atoms with Crippen molar-refractivity contribution in [1.29, 1.82) is 0 Å². The van der Waals surface area contributed by atoms with Crippen molar-refractivity contribution in [3.63, 3.8) is 0 Å². The average Bonchev–Trinajstić information content (AvgIpc) is 3.56. The van der Waals surface area contributed by atoms with Crippen LogP contribution in [-0.4, -0.2) is 70.8 Å². The molecule has 4 rings (SSSR count). The van der Waals surface area contributed by atoms with Gasteiger partial charge in [-0.15, -0.1) is 0 Å². The van der Waals surface area contributed by atoms with Crippen LogP contribution < -0.4 is 0 Å². The van der Waals surface area contributed by atoms with Crippen LogP contribution in [0.2, 0.25) is 0 Å². The Labute approximate surface area is 188 Å². The van der Waals surface area contributed by atoms with Crippen molar-refractivity contribution in [3.05, 3.63) is 54.9 Å². The lowest BCUT2D eigenvalue weighted by Crippen LogP contribution is -2.37. The van der Waals surface area contributed by atoms with Gasteiger partial charge >= 0.3 is 0 Å². The molecule has 0 saturated heterocycles. The van der Waals surface area contributed by atoms with Crippen molar-refractivity contribution in [1.82, 2.24) is 24.4 Å². The fourth-order valence-corrected chi connectivity index (χ4v) is 3.58. The van der Waals surface area contributed by atoms with Crippen molar-refractivity contribution >= 4 is 5.91 Å². The molecule has 3 aromatic rings. The monoisotopic (exact) mass is 435 g/mol. The molecule has 168 valence electrons. The van der Waals surface area contributed by atoms with Crippen LogP contribution in [0, 0.1) is 5.92 Å². The molecule has 1 fully saturated rings. The zero-order valence-electron chi connectivity index (χ0n) is 18.6. The highest BCUT2D eigenvalue weighted by Gasteiger charge is 2.26. The SMILES string of the molecule is COCCN(CCOC)C(=O)c1cc(-c2cnc(-c3cccnc3)nc2)cn1CC1CC1. The molecule has 0 aromatic carbocycles. The molecule has 0 bridgehead atoms. The van der Waals surface area contributed by atoms with E-state index in [9.17, 15) is 4.79 Å². The zero-order chi connectivity index (χ0) is 22.3. The maximum Gasteiger partial charge on any atom is 0.270 e. The van der Waals surface area contributed by atoms with Crippen LogP contribution in [0.5, 0.6) is 0 Å².